The number of thiophene rings is 2. The van der Waals surface area contributed by atoms with Gasteiger partial charge < -0.3 is 0 Å². The van der Waals surface area contributed by atoms with E-state index in [0.717, 1.165) is 16.0 Å². The van der Waals surface area contributed by atoms with Crippen LogP contribution in [0, 0.1) is 0 Å². The lowest BCUT2D eigenvalue weighted by molar-refractivity contribution is 0.104. The molecule has 1 atom stereocenters. The Kier molecular flexibility index (Phi) is 3.80. The fourth-order valence-corrected chi connectivity index (χ4v) is 6.65. The van der Waals surface area contributed by atoms with Gasteiger partial charge in [0.15, 0.2) is 5.78 Å². The van der Waals surface area contributed by atoms with Gasteiger partial charge in [0, 0.05) is 25.8 Å². The fourth-order valence-electron chi connectivity index (χ4n) is 4.26. The molecule has 3 heteroatoms. The second-order valence-corrected chi connectivity index (χ2v) is 9.47. The second-order valence-electron chi connectivity index (χ2n) is 7.30. The molecule has 1 aliphatic carbocycles. The molecule has 6 rings (SSSR count). The number of benzene rings is 3. The van der Waals surface area contributed by atoms with E-state index in [-0.39, 0.29) is 11.7 Å². The molecule has 3 aromatic carbocycles. The van der Waals surface area contributed by atoms with Crippen molar-refractivity contribution in [2.24, 2.45) is 0 Å². The van der Waals surface area contributed by atoms with E-state index in [1.54, 1.807) is 22.7 Å². The van der Waals surface area contributed by atoms with Gasteiger partial charge in [0.1, 0.15) is 0 Å². The van der Waals surface area contributed by atoms with Crippen molar-refractivity contribution in [2.75, 3.05) is 0 Å². The Hall–Kier alpha value is -3.01. The Morgan fingerprint density at radius 3 is 2.31 bits per heavy atom. The number of carbonyl (C=O) groups excluding carboxylic acids is 1. The quantitative estimate of drug-likeness (QED) is 0.276. The molecule has 138 valence electrons. The smallest absolute Gasteiger partial charge is 0.200 e. The van der Waals surface area contributed by atoms with Gasteiger partial charge in [-0.3, -0.25) is 4.79 Å². The molecule has 0 unspecified atom stereocenters. The Morgan fingerprint density at radius 2 is 1.48 bits per heavy atom. The minimum atomic E-state index is -0.00810. The molecule has 5 aromatic rings. The first kappa shape index (κ1) is 16.9. The summed E-state index contributed by atoms with van der Waals surface area (Å²) >= 11 is 3.43. The lowest BCUT2D eigenvalue weighted by Crippen LogP contribution is -2.01. The molecule has 0 aliphatic heterocycles. The third-order valence-electron chi connectivity index (χ3n) is 5.55. The van der Waals surface area contributed by atoms with Gasteiger partial charge in [0.25, 0.3) is 0 Å². The van der Waals surface area contributed by atoms with Crippen LogP contribution in [-0.4, -0.2) is 5.78 Å². The van der Waals surface area contributed by atoms with Crippen molar-refractivity contribution in [3.8, 4) is 0 Å². The van der Waals surface area contributed by atoms with E-state index in [9.17, 15) is 4.79 Å². The molecule has 2 heterocycles. The SMILES string of the molecule is O=C1/C(=C/c2ccccc2)[C@H](c2cc3ccccc3s2)c2c1sc1ccccc21. The Bertz CT molecular complexity index is 1390. The van der Waals surface area contributed by atoms with Crippen LogP contribution in [0.1, 0.15) is 31.6 Å². The summed E-state index contributed by atoms with van der Waals surface area (Å²) in [6.07, 6.45) is 2.08. The third kappa shape index (κ3) is 2.62. The van der Waals surface area contributed by atoms with Crippen molar-refractivity contribution in [1.29, 1.82) is 0 Å². The van der Waals surface area contributed by atoms with Gasteiger partial charge in [0.05, 0.1) is 4.88 Å². The van der Waals surface area contributed by atoms with Crippen molar-refractivity contribution in [3.05, 3.63) is 111 Å². The van der Waals surface area contributed by atoms with Crippen molar-refractivity contribution in [1.82, 2.24) is 0 Å². The molecule has 0 saturated heterocycles. The molecule has 29 heavy (non-hydrogen) atoms. The summed E-state index contributed by atoms with van der Waals surface area (Å²) in [4.78, 5) is 15.7. The average Bonchev–Trinajstić information content (AvgIpc) is 3.42. The largest absolute Gasteiger partial charge is 0.288 e. The number of carbonyl (C=O) groups is 1. The first-order valence-electron chi connectivity index (χ1n) is 9.61. The first-order chi connectivity index (χ1) is 14.3. The number of allylic oxidation sites excluding steroid dienone is 1. The summed E-state index contributed by atoms with van der Waals surface area (Å²) < 4.78 is 2.46. The summed E-state index contributed by atoms with van der Waals surface area (Å²) in [6.45, 7) is 0. The Balaban J connectivity index is 1.63. The van der Waals surface area contributed by atoms with Gasteiger partial charge >= 0.3 is 0 Å². The number of Topliss-reactive ketones (excluding diaryl/α,β-unsaturated/α-hetero) is 1. The van der Waals surface area contributed by atoms with Crippen LogP contribution in [0.5, 0.6) is 0 Å². The highest BCUT2D eigenvalue weighted by Crippen LogP contribution is 2.51. The summed E-state index contributed by atoms with van der Waals surface area (Å²) in [5.41, 5.74) is 3.14. The molecule has 0 N–H and O–H groups in total. The van der Waals surface area contributed by atoms with Gasteiger partial charge in [-0.1, -0.05) is 66.7 Å². The highest BCUT2D eigenvalue weighted by molar-refractivity contribution is 7.21. The fraction of sp³-hybridized carbons (Fsp3) is 0.0385. The molecular formula is C26H16OS2. The van der Waals surface area contributed by atoms with Crippen molar-refractivity contribution in [2.45, 2.75) is 5.92 Å². The maximum absolute atomic E-state index is 13.5. The zero-order chi connectivity index (χ0) is 19.4. The molecular weight excluding hydrogens is 392 g/mol. The zero-order valence-electron chi connectivity index (χ0n) is 15.5. The summed E-state index contributed by atoms with van der Waals surface area (Å²) in [5.74, 6) is 0.166. The van der Waals surface area contributed by atoms with Crippen LogP contribution in [0.4, 0.5) is 0 Å². The van der Waals surface area contributed by atoms with Gasteiger partial charge in [-0.05, 0) is 46.2 Å². The number of rotatable bonds is 2. The maximum Gasteiger partial charge on any atom is 0.200 e. The number of ketones is 1. The predicted octanol–water partition coefficient (Wildman–Crippen LogP) is 7.53. The highest BCUT2D eigenvalue weighted by atomic mass is 32.1. The van der Waals surface area contributed by atoms with Crippen LogP contribution in [0.2, 0.25) is 0 Å². The van der Waals surface area contributed by atoms with Gasteiger partial charge in [0.2, 0.25) is 0 Å². The van der Waals surface area contributed by atoms with Crippen LogP contribution < -0.4 is 0 Å². The minimum Gasteiger partial charge on any atom is -0.288 e. The number of hydrogen-bond acceptors (Lipinski definition) is 3. The van der Waals surface area contributed by atoms with Gasteiger partial charge in [-0.15, -0.1) is 22.7 Å². The van der Waals surface area contributed by atoms with Crippen LogP contribution in [-0.2, 0) is 0 Å². The van der Waals surface area contributed by atoms with Gasteiger partial charge in [-0.25, -0.2) is 0 Å². The number of hydrogen-bond donors (Lipinski definition) is 0. The van der Waals surface area contributed by atoms with E-state index in [4.69, 9.17) is 0 Å². The number of fused-ring (bicyclic) bond motifs is 4. The molecule has 0 fully saturated rings. The lowest BCUT2D eigenvalue weighted by Gasteiger charge is -2.12. The molecule has 1 nitrogen and oxygen atoms in total. The normalized spacial score (nSPS) is 17.4. The van der Waals surface area contributed by atoms with E-state index in [0.29, 0.717) is 0 Å². The van der Waals surface area contributed by atoms with Crippen LogP contribution in [0.25, 0.3) is 26.2 Å². The first-order valence-corrected chi connectivity index (χ1v) is 11.2. The van der Waals surface area contributed by atoms with E-state index in [1.807, 2.05) is 24.3 Å². The van der Waals surface area contributed by atoms with Crippen LogP contribution >= 0.6 is 22.7 Å². The summed E-state index contributed by atoms with van der Waals surface area (Å²) in [7, 11) is 0. The second kappa shape index (κ2) is 6.51. The average molecular weight is 409 g/mol. The molecule has 0 amide bonds. The predicted molar refractivity (Wildman–Crippen MR) is 124 cm³/mol. The lowest BCUT2D eigenvalue weighted by atomic mass is 9.92. The van der Waals surface area contributed by atoms with Crippen LogP contribution in [0.15, 0.2) is 90.5 Å². The molecule has 0 saturated carbocycles. The summed E-state index contributed by atoms with van der Waals surface area (Å²) in [5, 5.41) is 2.45. The maximum atomic E-state index is 13.5. The topological polar surface area (TPSA) is 17.1 Å². The summed E-state index contributed by atoms with van der Waals surface area (Å²) in [6, 6.07) is 29.3. The van der Waals surface area contributed by atoms with Crippen LogP contribution in [0.3, 0.4) is 0 Å². The minimum absolute atomic E-state index is 0.00810. The third-order valence-corrected chi connectivity index (χ3v) is 7.92. The highest BCUT2D eigenvalue weighted by Gasteiger charge is 2.39. The zero-order valence-corrected chi connectivity index (χ0v) is 17.1. The van der Waals surface area contributed by atoms with Crippen molar-refractivity contribution in [3.63, 3.8) is 0 Å². The van der Waals surface area contributed by atoms with E-state index >= 15 is 0 Å². The van der Waals surface area contributed by atoms with E-state index < -0.39 is 0 Å². The molecule has 0 radical (unpaired) electrons. The van der Waals surface area contributed by atoms with Crippen molar-refractivity contribution < 1.29 is 4.79 Å². The monoisotopic (exact) mass is 408 g/mol. The van der Waals surface area contributed by atoms with Crippen molar-refractivity contribution >= 4 is 54.7 Å². The molecule has 0 spiro atoms. The molecule has 1 aliphatic rings. The molecule has 0 bridgehead atoms. The Labute approximate surface area is 176 Å². The standard InChI is InChI=1S/C26H16OS2/c27-25-19(14-16-8-2-1-3-9-16)23(22-15-17-10-4-6-12-20(17)28-22)24-18-11-5-7-13-21(18)29-26(24)25/h1-15,23H/b19-14+/t23-/m1/s1. The Morgan fingerprint density at radius 1 is 0.759 bits per heavy atom. The van der Waals surface area contributed by atoms with E-state index in [1.165, 1.54) is 30.6 Å². The van der Waals surface area contributed by atoms with Gasteiger partial charge in [-0.2, -0.15) is 0 Å². The van der Waals surface area contributed by atoms with E-state index in [2.05, 4.69) is 66.7 Å². The molecule has 2 aromatic heterocycles.